The highest BCUT2D eigenvalue weighted by Gasteiger charge is 2.49. The first-order valence-corrected chi connectivity index (χ1v) is 15.4. The Hall–Kier alpha value is -5.25. The number of amides is 4. The maximum absolute atomic E-state index is 13.7. The highest BCUT2D eigenvalue weighted by atomic mass is 16.4. The summed E-state index contributed by atoms with van der Waals surface area (Å²) < 4.78 is 6.11. The first-order chi connectivity index (χ1) is 22.0. The lowest BCUT2D eigenvalue weighted by Gasteiger charge is -2.42. The van der Waals surface area contributed by atoms with Gasteiger partial charge in [-0.2, -0.15) is 0 Å². The third kappa shape index (κ3) is 4.51. The number of benzene rings is 3. The van der Waals surface area contributed by atoms with Crippen molar-refractivity contribution in [3.05, 3.63) is 90.6 Å². The molecule has 10 heteroatoms. The lowest BCUT2D eigenvalue weighted by Crippen LogP contribution is -2.59. The molecule has 0 saturated carbocycles. The number of hydrogen-bond acceptors (Lipinski definition) is 6. The quantitative estimate of drug-likeness (QED) is 0.335. The van der Waals surface area contributed by atoms with Crippen LogP contribution >= 0.6 is 0 Å². The van der Waals surface area contributed by atoms with Crippen molar-refractivity contribution in [2.24, 2.45) is 0 Å². The Morgan fingerprint density at radius 1 is 0.667 bits per heavy atom. The van der Waals surface area contributed by atoms with Crippen molar-refractivity contribution >= 4 is 35.0 Å². The van der Waals surface area contributed by atoms with Gasteiger partial charge in [-0.25, -0.2) is 4.98 Å². The van der Waals surface area contributed by atoms with Gasteiger partial charge in [0.2, 0.25) is 17.7 Å². The molecule has 8 rings (SSSR count). The van der Waals surface area contributed by atoms with E-state index in [-0.39, 0.29) is 36.2 Å². The maximum Gasteiger partial charge on any atom is 0.251 e. The molecule has 3 atom stereocenters. The van der Waals surface area contributed by atoms with E-state index in [1.807, 2.05) is 78.9 Å². The Balaban J connectivity index is 1.03. The van der Waals surface area contributed by atoms with Gasteiger partial charge in [-0.1, -0.05) is 30.3 Å². The number of aromatic nitrogens is 1. The lowest BCUT2D eigenvalue weighted by atomic mass is 9.97. The zero-order valence-electron chi connectivity index (χ0n) is 24.5. The van der Waals surface area contributed by atoms with Crippen LogP contribution in [0.1, 0.15) is 37.3 Å². The minimum atomic E-state index is -0.717. The SMILES string of the molecule is O=C1C2CCCN2C(=O)CN1c1ccc(-c2cnc(-c3ccc(N4C(=O)C5CCCN5C(=O)C4c4ccccc4)cc3)o2)cc1. The summed E-state index contributed by atoms with van der Waals surface area (Å²) in [5, 5.41) is 0. The molecule has 226 valence electrons. The number of oxazole rings is 1. The van der Waals surface area contributed by atoms with Crippen molar-refractivity contribution < 1.29 is 23.6 Å². The molecule has 0 aliphatic carbocycles. The van der Waals surface area contributed by atoms with Gasteiger partial charge in [0.25, 0.3) is 11.8 Å². The molecular weight excluding hydrogens is 570 g/mol. The molecule has 3 aromatic carbocycles. The van der Waals surface area contributed by atoms with Gasteiger partial charge in [-0.05, 0) is 79.8 Å². The average molecular weight is 602 g/mol. The monoisotopic (exact) mass is 601 g/mol. The molecule has 0 N–H and O–H groups in total. The highest BCUT2D eigenvalue weighted by molar-refractivity contribution is 6.09. The Bertz CT molecular complexity index is 1800. The van der Waals surface area contributed by atoms with Crippen LogP contribution in [0.2, 0.25) is 0 Å². The second-order valence-corrected chi connectivity index (χ2v) is 12.0. The Morgan fingerprint density at radius 2 is 1.31 bits per heavy atom. The van der Waals surface area contributed by atoms with Gasteiger partial charge in [-0.15, -0.1) is 0 Å². The summed E-state index contributed by atoms with van der Waals surface area (Å²) >= 11 is 0. The number of carbonyl (C=O) groups is 4. The molecule has 5 heterocycles. The van der Waals surface area contributed by atoms with Crippen LogP contribution in [0.25, 0.3) is 22.8 Å². The minimum absolute atomic E-state index is 0.0144. The Morgan fingerprint density at radius 3 is 2.04 bits per heavy atom. The van der Waals surface area contributed by atoms with Crippen LogP contribution in [0.15, 0.2) is 89.5 Å². The molecule has 4 amide bonds. The predicted octanol–water partition coefficient (Wildman–Crippen LogP) is 4.43. The Labute approximate surface area is 259 Å². The van der Waals surface area contributed by atoms with Gasteiger partial charge in [0.05, 0.1) is 6.20 Å². The van der Waals surface area contributed by atoms with Crippen molar-refractivity contribution in [1.82, 2.24) is 14.8 Å². The summed E-state index contributed by atoms with van der Waals surface area (Å²) in [6.45, 7) is 1.32. The number of hydrogen-bond donors (Lipinski definition) is 0. The molecule has 4 aliphatic rings. The van der Waals surface area contributed by atoms with Gasteiger partial charge in [0.15, 0.2) is 5.76 Å². The zero-order valence-corrected chi connectivity index (χ0v) is 24.5. The third-order valence-corrected chi connectivity index (χ3v) is 9.45. The summed E-state index contributed by atoms with van der Waals surface area (Å²) in [5.74, 6) is 0.822. The molecule has 1 aromatic heterocycles. The van der Waals surface area contributed by atoms with Crippen LogP contribution < -0.4 is 9.80 Å². The number of rotatable bonds is 5. The first-order valence-electron chi connectivity index (χ1n) is 15.4. The normalized spacial score (nSPS) is 23.2. The zero-order chi connectivity index (χ0) is 30.7. The van der Waals surface area contributed by atoms with Crippen LogP contribution in [0.5, 0.6) is 0 Å². The van der Waals surface area contributed by atoms with Crippen LogP contribution in [-0.4, -0.2) is 70.1 Å². The van der Waals surface area contributed by atoms with E-state index < -0.39 is 12.1 Å². The van der Waals surface area contributed by atoms with Crippen LogP contribution in [0, 0.1) is 0 Å². The fraction of sp³-hybridized carbons (Fsp3) is 0.286. The van der Waals surface area contributed by atoms with E-state index in [1.165, 1.54) is 0 Å². The summed E-state index contributed by atoms with van der Waals surface area (Å²) in [6, 6.07) is 22.7. The van der Waals surface area contributed by atoms with Crippen molar-refractivity contribution in [3.63, 3.8) is 0 Å². The molecule has 4 fully saturated rings. The molecule has 0 radical (unpaired) electrons. The molecular formula is C35H31N5O5. The molecule has 4 aromatic rings. The van der Waals surface area contributed by atoms with Gasteiger partial charge < -0.3 is 19.1 Å². The van der Waals surface area contributed by atoms with E-state index in [0.29, 0.717) is 49.0 Å². The number of nitrogens with zero attached hydrogens (tertiary/aromatic N) is 5. The van der Waals surface area contributed by atoms with E-state index in [9.17, 15) is 19.2 Å². The van der Waals surface area contributed by atoms with Gasteiger partial charge in [-0.3, -0.25) is 24.1 Å². The summed E-state index contributed by atoms with van der Waals surface area (Å²) in [6.07, 6.45) is 4.71. The van der Waals surface area contributed by atoms with E-state index in [2.05, 4.69) is 4.98 Å². The Kier molecular flexibility index (Phi) is 6.51. The van der Waals surface area contributed by atoms with Gasteiger partial charge >= 0.3 is 0 Å². The van der Waals surface area contributed by atoms with Crippen LogP contribution in [0.3, 0.4) is 0 Å². The van der Waals surface area contributed by atoms with E-state index in [1.54, 1.807) is 25.8 Å². The minimum Gasteiger partial charge on any atom is -0.436 e. The van der Waals surface area contributed by atoms with Crippen molar-refractivity contribution in [2.75, 3.05) is 29.4 Å². The molecule has 4 aliphatic heterocycles. The largest absolute Gasteiger partial charge is 0.436 e. The molecule has 3 unspecified atom stereocenters. The summed E-state index contributed by atoms with van der Waals surface area (Å²) in [5.41, 5.74) is 3.63. The number of anilines is 2. The standard InChI is InChI=1S/C35H31N5O5/c41-30-21-39(33(42)27-8-4-18-37(27)30)25-14-10-22(11-15-25)29-20-36-32(45-29)24-12-16-26(17-13-24)40-31(23-6-2-1-3-7-23)35(44)38-19-5-9-28(38)34(40)43/h1-3,6-7,10-17,20,27-28,31H,4-5,8-9,18-19,21H2. The summed E-state index contributed by atoms with van der Waals surface area (Å²) in [4.78, 5) is 64.1. The van der Waals surface area contributed by atoms with Crippen LogP contribution in [0.4, 0.5) is 11.4 Å². The molecule has 4 saturated heterocycles. The van der Waals surface area contributed by atoms with E-state index in [4.69, 9.17) is 4.42 Å². The number of carbonyl (C=O) groups excluding carboxylic acids is 4. The van der Waals surface area contributed by atoms with Crippen molar-refractivity contribution in [1.29, 1.82) is 0 Å². The first kappa shape index (κ1) is 27.3. The molecule has 0 spiro atoms. The topological polar surface area (TPSA) is 107 Å². The summed E-state index contributed by atoms with van der Waals surface area (Å²) in [7, 11) is 0. The smallest absolute Gasteiger partial charge is 0.251 e. The van der Waals surface area contributed by atoms with E-state index in [0.717, 1.165) is 29.5 Å². The van der Waals surface area contributed by atoms with Crippen LogP contribution in [-0.2, 0) is 19.2 Å². The molecule has 45 heavy (non-hydrogen) atoms. The predicted molar refractivity (Wildman–Crippen MR) is 166 cm³/mol. The lowest BCUT2D eigenvalue weighted by molar-refractivity contribution is -0.144. The van der Waals surface area contributed by atoms with Gasteiger partial charge in [0.1, 0.15) is 24.7 Å². The van der Waals surface area contributed by atoms with Gasteiger partial charge in [0, 0.05) is 35.6 Å². The number of piperazine rings is 2. The second-order valence-electron chi connectivity index (χ2n) is 12.0. The highest BCUT2D eigenvalue weighted by Crippen LogP contribution is 2.39. The van der Waals surface area contributed by atoms with Crippen molar-refractivity contribution in [3.8, 4) is 22.8 Å². The third-order valence-electron chi connectivity index (χ3n) is 9.45. The average Bonchev–Trinajstić information content (AvgIpc) is 3.87. The molecule has 10 nitrogen and oxygen atoms in total. The van der Waals surface area contributed by atoms with E-state index >= 15 is 0 Å². The fourth-order valence-electron chi connectivity index (χ4n) is 7.18. The van der Waals surface area contributed by atoms with Crippen molar-refractivity contribution in [2.45, 2.75) is 43.8 Å². The number of fused-ring (bicyclic) bond motifs is 2. The second kappa shape index (κ2) is 10.7. The maximum atomic E-state index is 13.7. The fourth-order valence-corrected chi connectivity index (χ4v) is 7.18. The molecule has 0 bridgehead atoms.